The Bertz CT molecular complexity index is 358. The fourth-order valence-electron chi connectivity index (χ4n) is 1.28. The number of carbonyl (C=O) groups excluding carboxylic acids is 1. The van der Waals surface area contributed by atoms with Gasteiger partial charge in [0.25, 0.3) is 5.91 Å². The molecule has 88 valence electrons. The van der Waals surface area contributed by atoms with E-state index in [0.717, 1.165) is 12.5 Å². The fourth-order valence-corrected chi connectivity index (χ4v) is 1.28. The van der Waals surface area contributed by atoms with Crippen LogP contribution in [0.25, 0.3) is 0 Å². The van der Waals surface area contributed by atoms with E-state index < -0.39 is 5.95 Å². The van der Waals surface area contributed by atoms with Crippen molar-refractivity contribution >= 4 is 5.91 Å². The van der Waals surface area contributed by atoms with Crippen molar-refractivity contribution in [2.45, 2.75) is 19.4 Å². The van der Waals surface area contributed by atoms with E-state index in [9.17, 15) is 9.18 Å². The maximum absolute atomic E-state index is 12.8. The van der Waals surface area contributed by atoms with Crippen LogP contribution in [-0.4, -0.2) is 30.6 Å². The molecule has 4 nitrogen and oxygen atoms in total. The molecule has 0 saturated heterocycles. The van der Waals surface area contributed by atoms with Gasteiger partial charge in [0.1, 0.15) is 0 Å². The quantitative estimate of drug-likeness (QED) is 0.771. The van der Waals surface area contributed by atoms with Crippen LogP contribution in [0.2, 0.25) is 0 Å². The number of methoxy groups -OCH3 is 1. The van der Waals surface area contributed by atoms with Crippen LogP contribution in [0, 0.1) is 5.95 Å². The molecule has 0 aliphatic heterocycles. The third-order valence-corrected chi connectivity index (χ3v) is 2.18. The maximum atomic E-state index is 12.8. The van der Waals surface area contributed by atoms with Gasteiger partial charge in [-0.25, -0.2) is 4.98 Å². The fraction of sp³-hybridized carbons (Fsp3) is 0.455. The van der Waals surface area contributed by atoms with E-state index in [1.165, 1.54) is 12.3 Å². The first-order chi connectivity index (χ1) is 7.67. The number of rotatable bonds is 5. The minimum Gasteiger partial charge on any atom is -0.383 e. The number of carbonyl (C=O) groups is 1. The molecule has 1 unspecified atom stereocenters. The lowest BCUT2D eigenvalue weighted by molar-refractivity contribution is 0.0894. The van der Waals surface area contributed by atoms with Crippen LogP contribution >= 0.6 is 0 Å². The van der Waals surface area contributed by atoms with Crippen LogP contribution in [0.1, 0.15) is 23.7 Å². The van der Waals surface area contributed by atoms with E-state index in [1.807, 2.05) is 6.92 Å². The number of nitrogens with zero attached hydrogens (tertiary/aromatic N) is 1. The summed E-state index contributed by atoms with van der Waals surface area (Å²) < 4.78 is 17.7. The molecule has 1 amide bonds. The summed E-state index contributed by atoms with van der Waals surface area (Å²) in [6, 6.07) is 2.51. The average Bonchev–Trinajstić information content (AvgIpc) is 2.28. The van der Waals surface area contributed by atoms with E-state index in [1.54, 1.807) is 7.11 Å². The zero-order chi connectivity index (χ0) is 12.0. The minimum absolute atomic E-state index is 0.0614. The average molecular weight is 226 g/mol. The first-order valence-electron chi connectivity index (χ1n) is 5.08. The van der Waals surface area contributed by atoms with E-state index in [4.69, 9.17) is 4.74 Å². The van der Waals surface area contributed by atoms with Gasteiger partial charge in [0, 0.05) is 24.9 Å². The third-order valence-electron chi connectivity index (χ3n) is 2.18. The highest BCUT2D eigenvalue weighted by atomic mass is 19.1. The number of nitrogens with one attached hydrogen (secondary N) is 1. The highest BCUT2D eigenvalue weighted by molar-refractivity contribution is 5.94. The van der Waals surface area contributed by atoms with Crippen LogP contribution in [0.3, 0.4) is 0 Å². The van der Waals surface area contributed by atoms with Crippen molar-refractivity contribution in [3.63, 3.8) is 0 Å². The number of pyridine rings is 1. The third kappa shape index (κ3) is 3.58. The Morgan fingerprint density at radius 1 is 1.69 bits per heavy atom. The molecule has 1 N–H and O–H groups in total. The Kier molecular flexibility index (Phi) is 4.85. The normalized spacial score (nSPS) is 12.2. The summed E-state index contributed by atoms with van der Waals surface area (Å²) in [6.45, 7) is 2.38. The van der Waals surface area contributed by atoms with Crippen LogP contribution in [-0.2, 0) is 4.74 Å². The second kappa shape index (κ2) is 6.17. The summed E-state index contributed by atoms with van der Waals surface area (Å²) in [7, 11) is 1.57. The van der Waals surface area contributed by atoms with Gasteiger partial charge >= 0.3 is 0 Å². The minimum atomic E-state index is -0.660. The summed E-state index contributed by atoms with van der Waals surface area (Å²) >= 11 is 0. The van der Waals surface area contributed by atoms with Gasteiger partial charge in [-0.2, -0.15) is 4.39 Å². The molecule has 0 spiro atoms. The topological polar surface area (TPSA) is 51.2 Å². The zero-order valence-electron chi connectivity index (χ0n) is 9.37. The molecule has 1 atom stereocenters. The summed E-state index contributed by atoms with van der Waals surface area (Å²) in [5.74, 6) is -0.974. The molecular formula is C11H15FN2O2. The predicted molar refractivity (Wildman–Crippen MR) is 57.6 cm³/mol. The van der Waals surface area contributed by atoms with Gasteiger partial charge in [-0.15, -0.1) is 0 Å². The SMILES string of the molecule is CCC(COC)NC(=O)c1ccnc(F)c1. The first-order valence-corrected chi connectivity index (χ1v) is 5.08. The van der Waals surface area contributed by atoms with Crippen molar-refractivity contribution in [1.82, 2.24) is 10.3 Å². The van der Waals surface area contributed by atoms with E-state index >= 15 is 0 Å². The van der Waals surface area contributed by atoms with Gasteiger partial charge in [-0.3, -0.25) is 4.79 Å². The molecule has 16 heavy (non-hydrogen) atoms. The molecule has 1 aromatic heterocycles. The van der Waals surface area contributed by atoms with Gasteiger partial charge in [0.2, 0.25) is 5.95 Å². The Morgan fingerprint density at radius 2 is 2.44 bits per heavy atom. The number of halogens is 1. The van der Waals surface area contributed by atoms with Crippen molar-refractivity contribution in [2.24, 2.45) is 0 Å². The lowest BCUT2D eigenvalue weighted by atomic mass is 10.2. The Balaban J connectivity index is 2.64. The molecule has 0 aliphatic carbocycles. The Hall–Kier alpha value is -1.49. The zero-order valence-corrected chi connectivity index (χ0v) is 9.37. The molecule has 0 fully saturated rings. The van der Waals surface area contributed by atoms with Crippen molar-refractivity contribution in [2.75, 3.05) is 13.7 Å². The number of amides is 1. The van der Waals surface area contributed by atoms with Crippen LogP contribution in [0.4, 0.5) is 4.39 Å². The van der Waals surface area contributed by atoms with Gasteiger partial charge in [0.05, 0.1) is 12.6 Å². The molecule has 0 aliphatic rings. The van der Waals surface area contributed by atoms with Gasteiger partial charge < -0.3 is 10.1 Å². The summed E-state index contributed by atoms with van der Waals surface area (Å²) in [6.07, 6.45) is 2.02. The van der Waals surface area contributed by atoms with Gasteiger partial charge in [-0.1, -0.05) is 6.92 Å². The maximum Gasteiger partial charge on any atom is 0.251 e. The highest BCUT2D eigenvalue weighted by Crippen LogP contribution is 2.02. The van der Waals surface area contributed by atoms with Crippen LogP contribution in [0.5, 0.6) is 0 Å². The predicted octanol–water partition coefficient (Wildman–Crippen LogP) is 1.38. The smallest absolute Gasteiger partial charge is 0.251 e. The van der Waals surface area contributed by atoms with Crippen molar-refractivity contribution in [1.29, 1.82) is 0 Å². The molecule has 0 bridgehead atoms. The molecule has 0 radical (unpaired) electrons. The number of aromatic nitrogens is 1. The molecule has 1 rings (SSSR count). The monoisotopic (exact) mass is 226 g/mol. The van der Waals surface area contributed by atoms with Crippen LogP contribution in [0.15, 0.2) is 18.3 Å². The van der Waals surface area contributed by atoms with Crippen molar-refractivity contribution in [3.8, 4) is 0 Å². The van der Waals surface area contributed by atoms with E-state index in [-0.39, 0.29) is 17.5 Å². The number of hydrogen-bond acceptors (Lipinski definition) is 3. The van der Waals surface area contributed by atoms with Crippen LogP contribution < -0.4 is 5.32 Å². The molecule has 0 saturated carbocycles. The van der Waals surface area contributed by atoms with Crippen molar-refractivity contribution < 1.29 is 13.9 Å². The molecular weight excluding hydrogens is 211 g/mol. The van der Waals surface area contributed by atoms with Gasteiger partial charge in [0.15, 0.2) is 0 Å². The molecule has 0 aromatic carbocycles. The highest BCUT2D eigenvalue weighted by Gasteiger charge is 2.12. The second-order valence-electron chi connectivity index (χ2n) is 3.40. The molecule has 1 heterocycles. The van der Waals surface area contributed by atoms with Crippen molar-refractivity contribution in [3.05, 3.63) is 29.8 Å². The number of ether oxygens (including phenoxy) is 1. The largest absolute Gasteiger partial charge is 0.383 e. The molecule has 5 heteroatoms. The lowest BCUT2D eigenvalue weighted by Crippen LogP contribution is -2.37. The van der Waals surface area contributed by atoms with E-state index in [0.29, 0.717) is 6.61 Å². The Labute approximate surface area is 93.8 Å². The first kappa shape index (κ1) is 12.6. The summed E-state index contributed by atoms with van der Waals surface area (Å²) in [5, 5.41) is 2.75. The lowest BCUT2D eigenvalue weighted by Gasteiger charge is -2.15. The number of hydrogen-bond donors (Lipinski definition) is 1. The second-order valence-corrected chi connectivity index (χ2v) is 3.40. The Morgan fingerprint density at radius 3 is 3.00 bits per heavy atom. The summed E-state index contributed by atoms with van der Waals surface area (Å²) in [4.78, 5) is 15.1. The molecule has 1 aromatic rings. The summed E-state index contributed by atoms with van der Waals surface area (Å²) in [5.41, 5.74) is 0.266. The van der Waals surface area contributed by atoms with E-state index in [2.05, 4.69) is 10.3 Å². The van der Waals surface area contributed by atoms with Gasteiger partial charge in [-0.05, 0) is 12.5 Å². The standard InChI is InChI=1S/C11H15FN2O2/c1-3-9(7-16-2)14-11(15)8-4-5-13-10(12)6-8/h4-6,9H,3,7H2,1-2H3,(H,14,15).